The number of fused-ring (bicyclic) bond motifs is 1. The molecule has 1 aromatic heterocycles. The number of nitrogens with two attached hydrogens (primary N) is 1. The van der Waals surface area contributed by atoms with Crippen molar-refractivity contribution in [3.8, 4) is 22.6 Å². The number of hydrogen-bond donors (Lipinski definition) is 2. The van der Waals surface area contributed by atoms with Crippen LogP contribution in [0.5, 0.6) is 11.5 Å². The van der Waals surface area contributed by atoms with E-state index in [9.17, 15) is 9.59 Å². The van der Waals surface area contributed by atoms with Gasteiger partial charge in [0.15, 0.2) is 11.5 Å². The molecule has 0 unspecified atom stereocenters. The summed E-state index contributed by atoms with van der Waals surface area (Å²) in [4.78, 5) is 26.0. The van der Waals surface area contributed by atoms with Crippen LogP contribution in [0.15, 0.2) is 42.5 Å². The van der Waals surface area contributed by atoms with Crippen LogP contribution in [-0.4, -0.2) is 25.0 Å². The van der Waals surface area contributed by atoms with E-state index in [0.29, 0.717) is 35.3 Å². The zero-order chi connectivity index (χ0) is 20.5. The average molecular weight is 429 g/mol. The van der Waals surface area contributed by atoms with Gasteiger partial charge in [0.2, 0.25) is 0 Å². The molecule has 8 heteroatoms. The van der Waals surface area contributed by atoms with E-state index in [-0.39, 0.29) is 10.6 Å². The Morgan fingerprint density at radius 1 is 1.14 bits per heavy atom. The molecule has 0 spiro atoms. The molecule has 1 aliphatic rings. The number of carbonyl (C=O) groups excluding carboxylic acids is 2. The van der Waals surface area contributed by atoms with Crippen molar-refractivity contribution >= 4 is 39.8 Å². The maximum absolute atomic E-state index is 12.9. The van der Waals surface area contributed by atoms with Crippen LogP contribution in [-0.2, 0) is 0 Å². The van der Waals surface area contributed by atoms with Crippen LogP contribution in [0.3, 0.4) is 0 Å². The van der Waals surface area contributed by atoms with Crippen molar-refractivity contribution < 1.29 is 19.1 Å². The van der Waals surface area contributed by atoms with E-state index < -0.39 is 11.8 Å². The quantitative estimate of drug-likeness (QED) is 0.640. The molecule has 0 radical (unpaired) electrons. The number of amides is 2. The summed E-state index contributed by atoms with van der Waals surface area (Å²) in [5, 5.41) is 3.48. The zero-order valence-corrected chi connectivity index (χ0v) is 17.0. The molecule has 148 valence electrons. The Morgan fingerprint density at radius 3 is 2.59 bits per heavy atom. The van der Waals surface area contributed by atoms with Crippen molar-refractivity contribution in [1.29, 1.82) is 0 Å². The van der Waals surface area contributed by atoms with Crippen LogP contribution in [0.4, 0.5) is 5.00 Å². The Balaban J connectivity index is 1.71. The molecule has 2 aromatic carbocycles. The number of rotatable bonds is 4. The standard InChI is InChI=1S/C21H17ClN2O4S/c1-11-16(12-5-3-2-4-6-12)17(19(23)25)21(29-11)24-20(26)13-9-14(22)18-15(10-13)27-7-8-28-18/h2-6,9-10H,7-8H2,1H3,(H2,23,25)(H,24,26). The highest BCUT2D eigenvalue weighted by Gasteiger charge is 2.24. The minimum absolute atomic E-state index is 0.287. The van der Waals surface area contributed by atoms with E-state index in [2.05, 4.69) is 5.32 Å². The zero-order valence-electron chi connectivity index (χ0n) is 15.5. The predicted molar refractivity (Wildman–Crippen MR) is 113 cm³/mol. The fourth-order valence-electron chi connectivity index (χ4n) is 3.24. The number of aryl methyl sites for hydroxylation is 1. The van der Waals surface area contributed by atoms with Crippen molar-refractivity contribution in [2.75, 3.05) is 18.5 Å². The van der Waals surface area contributed by atoms with Gasteiger partial charge >= 0.3 is 0 Å². The van der Waals surface area contributed by atoms with Gasteiger partial charge in [-0.2, -0.15) is 0 Å². The number of anilines is 1. The summed E-state index contributed by atoms with van der Waals surface area (Å²) in [6, 6.07) is 12.5. The molecular weight excluding hydrogens is 412 g/mol. The molecular formula is C21H17ClN2O4S. The van der Waals surface area contributed by atoms with Gasteiger partial charge in [-0.15, -0.1) is 11.3 Å². The predicted octanol–water partition coefficient (Wildman–Crippen LogP) is 4.50. The number of thiophene rings is 1. The van der Waals surface area contributed by atoms with Crippen LogP contribution in [0, 0.1) is 6.92 Å². The number of ether oxygens (including phenoxy) is 2. The molecule has 0 saturated carbocycles. The van der Waals surface area contributed by atoms with Gasteiger partial charge in [0, 0.05) is 16.0 Å². The largest absolute Gasteiger partial charge is 0.486 e. The van der Waals surface area contributed by atoms with Gasteiger partial charge in [0.1, 0.15) is 18.2 Å². The summed E-state index contributed by atoms with van der Waals surface area (Å²) in [5.74, 6) is -0.196. The number of benzene rings is 2. The fraction of sp³-hybridized carbons (Fsp3) is 0.143. The highest BCUT2D eigenvalue weighted by Crippen LogP contribution is 2.41. The van der Waals surface area contributed by atoms with Crippen LogP contribution in [0.1, 0.15) is 25.6 Å². The summed E-state index contributed by atoms with van der Waals surface area (Å²) in [6.07, 6.45) is 0. The molecule has 0 bridgehead atoms. The van der Waals surface area contributed by atoms with Gasteiger partial charge in [-0.1, -0.05) is 41.9 Å². The third-order valence-corrected chi connectivity index (χ3v) is 5.78. The second kappa shape index (κ2) is 7.77. The van der Waals surface area contributed by atoms with Crippen molar-refractivity contribution in [3.05, 3.63) is 63.5 Å². The molecule has 0 fully saturated rings. The third-order valence-electron chi connectivity index (χ3n) is 4.48. The summed E-state index contributed by atoms with van der Waals surface area (Å²) in [5.41, 5.74) is 7.82. The lowest BCUT2D eigenvalue weighted by atomic mass is 10.0. The van der Waals surface area contributed by atoms with Gasteiger partial charge in [-0.05, 0) is 24.6 Å². The molecule has 2 heterocycles. The smallest absolute Gasteiger partial charge is 0.256 e. The average Bonchev–Trinajstić information content (AvgIpc) is 3.04. The van der Waals surface area contributed by atoms with Crippen molar-refractivity contribution in [2.24, 2.45) is 5.73 Å². The lowest BCUT2D eigenvalue weighted by molar-refractivity contribution is 0.100. The highest BCUT2D eigenvalue weighted by atomic mass is 35.5. The van der Waals surface area contributed by atoms with Crippen LogP contribution >= 0.6 is 22.9 Å². The molecule has 0 atom stereocenters. The lowest BCUT2D eigenvalue weighted by Crippen LogP contribution is -2.19. The number of primary amides is 1. The number of hydrogen-bond acceptors (Lipinski definition) is 5. The summed E-state index contributed by atoms with van der Waals surface area (Å²) in [7, 11) is 0. The number of carbonyl (C=O) groups is 2. The van der Waals surface area contributed by atoms with Crippen LogP contribution < -0.4 is 20.5 Å². The van der Waals surface area contributed by atoms with E-state index >= 15 is 0 Å². The second-order valence-corrected chi connectivity index (χ2v) is 8.04. The fourth-order valence-corrected chi connectivity index (χ4v) is 4.58. The molecule has 3 N–H and O–H groups in total. The Morgan fingerprint density at radius 2 is 1.86 bits per heavy atom. The lowest BCUT2D eigenvalue weighted by Gasteiger charge is -2.20. The Kier molecular flexibility index (Phi) is 5.17. The first kappa shape index (κ1) is 19.3. The highest BCUT2D eigenvalue weighted by molar-refractivity contribution is 7.17. The molecule has 4 rings (SSSR count). The first-order chi connectivity index (χ1) is 14.0. The van der Waals surface area contributed by atoms with Gasteiger partial charge in [-0.25, -0.2) is 0 Å². The molecule has 0 aliphatic carbocycles. The van der Waals surface area contributed by atoms with Gasteiger partial charge < -0.3 is 20.5 Å². The maximum atomic E-state index is 12.9. The normalized spacial score (nSPS) is 12.5. The second-order valence-electron chi connectivity index (χ2n) is 6.40. The van der Waals surface area contributed by atoms with Gasteiger partial charge in [-0.3, -0.25) is 9.59 Å². The molecule has 0 saturated heterocycles. The van der Waals surface area contributed by atoms with Crippen molar-refractivity contribution in [3.63, 3.8) is 0 Å². The molecule has 6 nitrogen and oxygen atoms in total. The number of nitrogens with one attached hydrogen (secondary N) is 1. The van der Waals surface area contributed by atoms with E-state index in [1.54, 1.807) is 6.07 Å². The van der Waals surface area contributed by atoms with Crippen LogP contribution in [0.25, 0.3) is 11.1 Å². The topological polar surface area (TPSA) is 90.7 Å². The Bertz CT molecular complexity index is 1110. The van der Waals surface area contributed by atoms with Crippen LogP contribution in [0.2, 0.25) is 5.02 Å². The summed E-state index contributed by atoms with van der Waals surface area (Å²) >= 11 is 7.53. The third kappa shape index (κ3) is 3.66. The van der Waals surface area contributed by atoms with E-state index in [4.69, 9.17) is 26.8 Å². The van der Waals surface area contributed by atoms with Crippen molar-refractivity contribution in [2.45, 2.75) is 6.92 Å². The minimum Gasteiger partial charge on any atom is -0.486 e. The first-order valence-corrected chi connectivity index (χ1v) is 10.0. The van der Waals surface area contributed by atoms with Gasteiger partial charge in [0.25, 0.3) is 11.8 Å². The Labute approximate surface area is 176 Å². The Hall–Kier alpha value is -3.03. The molecule has 3 aromatic rings. The summed E-state index contributed by atoms with van der Waals surface area (Å²) in [6.45, 7) is 2.66. The van der Waals surface area contributed by atoms with E-state index in [1.807, 2.05) is 37.3 Å². The first-order valence-electron chi connectivity index (χ1n) is 8.85. The molecule has 1 aliphatic heterocycles. The summed E-state index contributed by atoms with van der Waals surface area (Å²) < 4.78 is 11.0. The molecule has 2 amide bonds. The van der Waals surface area contributed by atoms with Crippen molar-refractivity contribution in [1.82, 2.24) is 0 Å². The maximum Gasteiger partial charge on any atom is 0.256 e. The van der Waals surface area contributed by atoms with E-state index in [0.717, 1.165) is 16.0 Å². The molecule has 29 heavy (non-hydrogen) atoms. The SMILES string of the molecule is Cc1sc(NC(=O)c2cc(Cl)c3c(c2)OCCO3)c(C(N)=O)c1-c1ccccc1. The minimum atomic E-state index is -0.608. The van der Waals surface area contributed by atoms with Gasteiger partial charge in [0.05, 0.1) is 10.6 Å². The number of halogens is 1. The van der Waals surface area contributed by atoms with E-state index in [1.165, 1.54) is 17.4 Å². The monoisotopic (exact) mass is 428 g/mol.